The minimum Gasteiger partial charge on any atom is -0.495 e. The minimum atomic E-state index is -1.17. The number of carbonyl (C=O) groups is 1. The number of amides is 1. The number of unbranched alkanes of at least 4 members (excludes halogenated alkanes) is 1. The number of rotatable bonds is 4. The van der Waals surface area contributed by atoms with Crippen LogP contribution in [0.15, 0.2) is 18.2 Å². The van der Waals surface area contributed by atoms with Gasteiger partial charge in [-0.25, -0.2) is 0 Å². The quantitative estimate of drug-likeness (QED) is 0.889. The van der Waals surface area contributed by atoms with Crippen LogP contribution in [0.25, 0.3) is 0 Å². The number of anilines is 1. The number of fused-ring (bicyclic) bond motifs is 1. The Hall–Kier alpha value is -1.55. The molecule has 1 aliphatic heterocycles. The van der Waals surface area contributed by atoms with Gasteiger partial charge in [-0.1, -0.05) is 31.9 Å². The zero-order valence-electron chi connectivity index (χ0n) is 12.6. The third-order valence-corrected chi connectivity index (χ3v) is 4.42. The van der Waals surface area contributed by atoms with Crippen molar-refractivity contribution < 1.29 is 14.6 Å². The third-order valence-electron chi connectivity index (χ3n) is 4.42. The van der Waals surface area contributed by atoms with Gasteiger partial charge in [-0.15, -0.1) is 0 Å². The standard InChI is InChI=1S/C16H23NO3/c1-5-6-10-16(19)11-8-7-9-12(20-4)13(11)17-14(18)15(16,2)3/h7-9,19H,5-6,10H2,1-4H3,(H,17,18). The lowest BCUT2D eigenvalue weighted by atomic mass is 9.65. The van der Waals surface area contributed by atoms with Crippen molar-refractivity contribution >= 4 is 11.6 Å². The number of methoxy groups -OCH3 is 1. The van der Waals surface area contributed by atoms with Crippen LogP contribution < -0.4 is 10.1 Å². The van der Waals surface area contributed by atoms with E-state index in [1.54, 1.807) is 27.0 Å². The van der Waals surface area contributed by atoms with Gasteiger partial charge in [0.25, 0.3) is 0 Å². The lowest BCUT2D eigenvalue weighted by Gasteiger charge is -2.46. The average molecular weight is 277 g/mol. The molecule has 1 atom stereocenters. The van der Waals surface area contributed by atoms with Gasteiger partial charge in [-0.3, -0.25) is 4.79 Å². The zero-order valence-corrected chi connectivity index (χ0v) is 12.6. The molecule has 0 fully saturated rings. The first kappa shape index (κ1) is 14.9. The Bertz CT molecular complexity index is 524. The predicted octanol–water partition coefficient (Wildman–Crippen LogP) is 3.05. The molecular weight excluding hydrogens is 254 g/mol. The molecule has 20 heavy (non-hydrogen) atoms. The molecule has 0 aliphatic carbocycles. The molecular formula is C16H23NO3. The average Bonchev–Trinajstić information content (AvgIpc) is 2.43. The normalized spacial score (nSPS) is 23.9. The van der Waals surface area contributed by atoms with Crippen LogP contribution in [0.2, 0.25) is 0 Å². The summed E-state index contributed by atoms with van der Waals surface area (Å²) in [7, 11) is 1.56. The lowest BCUT2D eigenvalue weighted by molar-refractivity contribution is -0.146. The van der Waals surface area contributed by atoms with Crippen LogP contribution in [0, 0.1) is 5.41 Å². The summed E-state index contributed by atoms with van der Waals surface area (Å²) in [4.78, 5) is 12.4. The zero-order chi connectivity index (χ0) is 15.0. The van der Waals surface area contributed by atoms with Crippen LogP contribution in [0.3, 0.4) is 0 Å². The molecule has 4 heteroatoms. The van der Waals surface area contributed by atoms with E-state index in [1.807, 2.05) is 12.1 Å². The van der Waals surface area contributed by atoms with E-state index in [1.165, 1.54) is 0 Å². The third kappa shape index (κ3) is 1.99. The number of aliphatic hydroxyl groups is 1. The number of hydrogen-bond acceptors (Lipinski definition) is 3. The van der Waals surface area contributed by atoms with Crippen molar-refractivity contribution in [2.24, 2.45) is 5.41 Å². The summed E-state index contributed by atoms with van der Waals surface area (Å²) in [6, 6.07) is 5.51. The van der Waals surface area contributed by atoms with E-state index in [2.05, 4.69) is 12.2 Å². The highest BCUT2D eigenvalue weighted by molar-refractivity contribution is 6.00. The van der Waals surface area contributed by atoms with Crippen molar-refractivity contribution in [3.8, 4) is 5.75 Å². The minimum absolute atomic E-state index is 0.173. The first-order chi connectivity index (χ1) is 9.38. The smallest absolute Gasteiger partial charge is 0.233 e. The van der Waals surface area contributed by atoms with Crippen molar-refractivity contribution in [3.05, 3.63) is 23.8 Å². The van der Waals surface area contributed by atoms with Gasteiger partial charge in [-0.2, -0.15) is 0 Å². The summed E-state index contributed by atoms with van der Waals surface area (Å²) in [6.07, 6.45) is 2.40. The van der Waals surface area contributed by atoms with Gasteiger partial charge in [0.1, 0.15) is 11.4 Å². The van der Waals surface area contributed by atoms with Gasteiger partial charge in [0.15, 0.2) is 0 Å². The Morgan fingerprint density at radius 3 is 2.65 bits per heavy atom. The number of benzene rings is 1. The lowest BCUT2D eigenvalue weighted by Crippen LogP contribution is -2.53. The molecule has 1 amide bonds. The Morgan fingerprint density at radius 1 is 1.35 bits per heavy atom. The van der Waals surface area contributed by atoms with E-state index in [-0.39, 0.29) is 5.91 Å². The van der Waals surface area contributed by atoms with Crippen LogP contribution in [0.4, 0.5) is 5.69 Å². The van der Waals surface area contributed by atoms with Crippen molar-refractivity contribution in [2.45, 2.75) is 45.6 Å². The molecule has 0 spiro atoms. The van der Waals surface area contributed by atoms with E-state index in [0.717, 1.165) is 18.4 Å². The SMILES string of the molecule is CCCCC1(O)c2cccc(OC)c2NC(=O)C1(C)C. The Morgan fingerprint density at radius 2 is 2.05 bits per heavy atom. The maximum Gasteiger partial charge on any atom is 0.233 e. The largest absolute Gasteiger partial charge is 0.495 e. The van der Waals surface area contributed by atoms with Crippen LogP contribution >= 0.6 is 0 Å². The van der Waals surface area contributed by atoms with E-state index in [0.29, 0.717) is 17.9 Å². The summed E-state index contributed by atoms with van der Waals surface area (Å²) in [5.74, 6) is 0.411. The summed E-state index contributed by atoms with van der Waals surface area (Å²) >= 11 is 0. The molecule has 1 unspecified atom stereocenters. The Kier molecular flexibility index (Phi) is 3.78. The number of nitrogens with one attached hydrogen (secondary N) is 1. The molecule has 1 aliphatic rings. The monoisotopic (exact) mass is 277 g/mol. The fraction of sp³-hybridized carbons (Fsp3) is 0.562. The predicted molar refractivity (Wildman–Crippen MR) is 78.8 cm³/mol. The second-order valence-electron chi connectivity index (χ2n) is 5.93. The van der Waals surface area contributed by atoms with E-state index in [4.69, 9.17) is 4.74 Å². The highest BCUT2D eigenvalue weighted by atomic mass is 16.5. The van der Waals surface area contributed by atoms with Crippen LogP contribution in [-0.2, 0) is 10.4 Å². The molecule has 2 N–H and O–H groups in total. The fourth-order valence-corrected chi connectivity index (χ4v) is 2.85. The van der Waals surface area contributed by atoms with Crippen LogP contribution in [0.5, 0.6) is 5.75 Å². The summed E-state index contributed by atoms with van der Waals surface area (Å²) in [5.41, 5.74) is -0.704. The number of para-hydroxylation sites is 1. The maximum atomic E-state index is 12.4. The van der Waals surface area contributed by atoms with E-state index >= 15 is 0 Å². The Labute approximate surface area is 120 Å². The molecule has 0 aromatic heterocycles. The molecule has 2 rings (SSSR count). The second-order valence-corrected chi connectivity index (χ2v) is 5.93. The molecule has 110 valence electrons. The number of hydrogen-bond donors (Lipinski definition) is 2. The van der Waals surface area contributed by atoms with Gasteiger partial charge < -0.3 is 15.2 Å². The van der Waals surface area contributed by atoms with Gasteiger partial charge >= 0.3 is 0 Å². The molecule has 0 radical (unpaired) electrons. The van der Waals surface area contributed by atoms with Crippen molar-refractivity contribution in [1.82, 2.24) is 0 Å². The second kappa shape index (κ2) is 5.09. The van der Waals surface area contributed by atoms with Gasteiger partial charge in [-0.05, 0) is 26.3 Å². The molecule has 0 saturated carbocycles. The first-order valence-electron chi connectivity index (χ1n) is 7.09. The topological polar surface area (TPSA) is 58.6 Å². The molecule has 0 saturated heterocycles. The van der Waals surface area contributed by atoms with Gasteiger partial charge in [0.2, 0.25) is 5.91 Å². The van der Waals surface area contributed by atoms with Gasteiger partial charge in [0.05, 0.1) is 18.2 Å². The highest BCUT2D eigenvalue weighted by Gasteiger charge is 2.54. The van der Waals surface area contributed by atoms with Gasteiger partial charge in [0, 0.05) is 5.56 Å². The fourth-order valence-electron chi connectivity index (χ4n) is 2.85. The van der Waals surface area contributed by atoms with Crippen LogP contribution in [-0.4, -0.2) is 18.1 Å². The maximum absolute atomic E-state index is 12.4. The number of ether oxygens (including phenoxy) is 1. The van der Waals surface area contributed by atoms with Crippen molar-refractivity contribution in [1.29, 1.82) is 0 Å². The molecule has 4 nitrogen and oxygen atoms in total. The van der Waals surface area contributed by atoms with Crippen molar-refractivity contribution in [3.63, 3.8) is 0 Å². The first-order valence-corrected chi connectivity index (χ1v) is 7.09. The van der Waals surface area contributed by atoms with E-state index in [9.17, 15) is 9.90 Å². The summed E-state index contributed by atoms with van der Waals surface area (Å²) < 4.78 is 5.30. The molecule has 0 bridgehead atoms. The summed E-state index contributed by atoms with van der Waals surface area (Å²) in [6.45, 7) is 5.66. The van der Waals surface area contributed by atoms with Crippen molar-refractivity contribution in [2.75, 3.05) is 12.4 Å². The van der Waals surface area contributed by atoms with E-state index < -0.39 is 11.0 Å². The molecule has 1 heterocycles. The van der Waals surface area contributed by atoms with Crippen LogP contribution in [0.1, 0.15) is 45.6 Å². The summed E-state index contributed by atoms with van der Waals surface area (Å²) in [5, 5.41) is 14.1. The molecule has 1 aromatic rings. The highest BCUT2D eigenvalue weighted by Crippen LogP contribution is 2.52. The molecule has 1 aromatic carbocycles. The Balaban J connectivity index is 2.62. The number of carbonyl (C=O) groups excluding carboxylic acids is 1.